The molecule has 0 saturated carbocycles. The SMILES string of the molecule is [NH3+]Cc1cn(C[C@H]2C[C@@H]3CC[NH+]2C[C@@H]3C(=O)N2CCCC2)nn1. The largest absolute Gasteiger partial charge is 0.352 e. The van der Waals surface area contributed by atoms with Crippen molar-refractivity contribution in [1.82, 2.24) is 19.9 Å². The molecule has 4 saturated heterocycles. The van der Waals surface area contributed by atoms with Gasteiger partial charge in [-0.3, -0.25) is 4.79 Å². The van der Waals surface area contributed by atoms with Crippen molar-refractivity contribution in [3.05, 3.63) is 11.9 Å². The smallest absolute Gasteiger partial charge is 0.231 e. The Hall–Kier alpha value is -1.47. The van der Waals surface area contributed by atoms with Crippen LogP contribution in [0.25, 0.3) is 0 Å². The molecule has 5 rings (SSSR count). The van der Waals surface area contributed by atoms with E-state index in [1.807, 2.05) is 10.9 Å². The molecule has 0 aliphatic carbocycles. The molecular weight excluding hydrogens is 292 g/mol. The standard InChI is InChI=1S/C16H26N6O/c17-8-13-9-22(19-18-13)10-14-7-12-3-6-21(14)11-15(12)16(23)20-4-1-2-5-20/h9,12,14-15H,1-8,10-11,17H2/p+2/t12-,14+,15-/m0/s1. The second kappa shape index (κ2) is 6.20. The third kappa shape index (κ3) is 2.87. The Balaban J connectivity index is 1.40. The van der Waals surface area contributed by atoms with Crippen molar-refractivity contribution in [3.8, 4) is 0 Å². The molecule has 1 aromatic heterocycles. The van der Waals surface area contributed by atoms with Gasteiger partial charge >= 0.3 is 0 Å². The van der Waals surface area contributed by atoms with Crippen LogP contribution in [0.15, 0.2) is 6.20 Å². The normalized spacial score (nSPS) is 33.3. The average Bonchev–Trinajstić information content (AvgIpc) is 3.26. The molecule has 1 amide bonds. The minimum Gasteiger partial charge on any atom is -0.352 e. The fraction of sp³-hybridized carbons (Fsp3) is 0.812. The number of hydrogen-bond acceptors (Lipinski definition) is 3. The Labute approximate surface area is 136 Å². The third-order valence-electron chi connectivity index (χ3n) is 6.04. The number of carbonyl (C=O) groups excluding carboxylic acids is 1. The summed E-state index contributed by atoms with van der Waals surface area (Å²) in [7, 11) is 0. The molecule has 4 N–H and O–H groups in total. The quantitative estimate of drug-likeness (QED) is 0.669. The molecule has 5 heterocycles. The molecule has 0 spiro atoms. The molecule has 2 bridgehead atoms. The first-order valence-corrected chi connectivity index (χ1v) is 9.06. The van der Waals surface area contributed by atoms with E-state index < -0.39 is 0 Å². The van der Waals surface area contributed by atoms with Crippen LogP contribution in [-0.2, 0) is 17.9 Å². The van der Waals surface area contributed by atoms with Gasteiger partial charge < -0.3 is 15.5 Å². The summed E-state index contributed by atoms with van der Waals surface area (Å²) in [5.74, 6) is 1.27. The number of amides is 1. The predicted molar refractivity (Wildman–Crippen MR) is 83.1 cm³/mol. The summed E-state index contributed by atoms with van der Waals surface area (Å²) in [5.41, 5.74) is 4.81. The molecule has 1 aromatic rings. The highest BCUT2D eigenvalue weighted by Gasteiger charge is 2.47. The van der Waals surface area contributed by atoms with E-state index in [9.17, 15) is 4.79 Å². The van der Waals surface area contributed by atoms with Gasteiger partial charge in [-0.2, -0.15) is 0 Å². The van der Waals surface area contributed by atoms with Crippen molar-refractivity contribution in [2.24, 2.45) is 11.8 Å². The van der Waals surface area contributed by atoms with Crippen LogP contribution in [0.2, 0.25) is 0 Å². The number of piperidine rings is 3. The van der Waals surface area contributed by atoms with Crippen LogP contribution in [-0.4, -0.2) is 58.0 Å². The first-order valence-electron chi connectivity index (χ1n) is 9.06. The number of nitrogens with one attached hydrogen (secondary N) is 1. The van der Waals surface area contributed by atoms with Crippen molar-refractivity contribution < 1.29 is 15.4 Å². The van der Waals surface area contributed by atoms with Gasteiger partial charge in [0.2, 0.25) is 5.91 Å². The summed E-state index contributed by atoms with van der Waals surface area (Å²) in [6.07, 6.45) is 6.74. The van der Waals surface area contributed by atoms with E-state index in [0.717, 1.165) is 38.3 Å². The van der Waals surface area contributed by atoms with Crippen molar-refractivity contribution in [3.63, 3.8) is 0 Å². The lowest BCUT2D eigenvalue weighted by Gasteiger charge is -2.46. The van der Waals surface area contributed by atoms with E-state index in [1.54, 1.807) is 4.90 Å². The maximum Gasteiger partial charge on any atom is 0.231 e. The Kier molecular flexibility index (Phi) is 4.07. The average molecular weight is 320 g/mol. The van der Waals surface area contributed by atoms with Crippen LogP contribution in [0.3, 0.4) is 0 Å². The molecular formula is C16H28N6O+2. The first-order chi connectivity index (χ1) is 11.2. The van der Waals surface area contributed by atoms with Crippen LogP contribution in [0.1, 0.15) is 31.4 Å². The lowest BCUT2D eigenvalue weighted by atomic mass is 9.75. The Morgan fingerprint density at radius 2 is 2.22 bits per heavy atom. The summed E-state index contributed by atoms with van der Waals surface area (Å²) in [5, 5.41) is 8.36. The second-order valence-corrected chi connectivity index (χ2v) is 7.41. The molecule has 4 fully saturated rings. The zero-order valence-electron chi connectivity index (χ0n) is 13.8. The van der Waals surface area contributed by atoms with Gasteiger partial charge in [0.15, 0.2) is 0 Å². The van der Waals surface area contributed by atoms with Gasteiger partial charge in [0.1, 0.15) is 18.3 Å². The Bertz CT molecular complexity index is 567. The molecule has 126 valence electrons. The van der Waals surface area contributed by atoms with Crippen molar-refractivity contribution in [1.29, 1.82) is 0 Å². The zero-order chi connectivity index (χ0) is 15.8. The number of carbonyl (C=O) groups is 1. The summed E-state index contributed by atoms with van der Waals surface area (Å²) >= 11 is 0. The summed E-state index contributed by atoms with van der Waals surface area (Å²) in [4.78, 5) is 16.5. The van der Waals surface area contributed by atoms with Gasteiger partial charge in [0.05, 0.1) is 31.7 Å². The number of likely N-dealkylation sites (tertiary alicyclic amines) is 1. The van der Waals surface area contributed by atoms with Gasteiger partial charge in [-0.1, -0.05) is 5.21 Å². The van der Waals surface area contributed by atoms with E-state index >= 15 is 0 Å². The van der Waals surface area contributed by atoms with Gasteiger partial charge in [-0.15, -0.1) is 5.10 Å². The second-order valence-electron chi connectivity index (χ2n) is 7.41. The van der Waals surface area contributed by atoms with Crippen molar-refractivity contribution >= 4 is 5.91 Å². The minimum atomic E-state index is 0.263. The highest BCUT2D eigenvalue weighted by molar-refractivity contribution is 5.79. The molecule has 1 unspecified atom stereocenters. The first kappa shape index (κ1) is 15.1. The van der Waals surface area contributed by atoms with Crippen LogP contribution in [0.5, 0.6) is 0 Å². The highest BCUT2D eigenvalue weighted by Crippen LogP contribution is 2.29. The lowest BCUT2D eigenvalue weighted by Crippen LogP contribution is -3.20. The number of rotatable bonds is 4. The van der Waals surface area contributed by atoms with E-state index in [4.69, 9.17) is 0 Å². The van der Waals surface area contributed by atoms with Crippen LogP contribution >= 0.6 is 0 Å². The molecule has 7 nitrogen and oxygen atoms in total. The number of aromatic nitrogens is 3. The fourth-order valence-electron chi connectivity index (χ4n) is 4.74. The topological polar surface area (TPSA) is 83.1 Å². The molecule has 23 heavy (non-hydrogen) atoms. The van der Waals surface area contributed by atoms with Crippen LogP contribution in [0, 0.1) is 11.8 Å². The van der Waals surface area contributed by atoms with Gasteiger partial charge in [0.25, 0.3) is 0 Å². The molecule has 7 heteroatoms. The maximum atomic E-state index is 12.8. The van der Waals surface area contributed by atoms with Gasteiger partial charge in [-0.05, 0) is 18.8 Å². The minimum absolute atomic E-state index is 0.263. The monoisotopic (exact) mass is 320 g/mol. The fourth-order valence-corrected chi connectivity index (χ4v) is 4.74. The number of fused-ring (bicyclic) bond motifs is 3. The lowest BCUT2D eigenvalue weighted by molar-refractivity contribution is -0.945. The molecule has 0 radical (unpaired) electrons. The van der Waals surface area contributed by atoms with Crippen molar-refractivity contribution in [2.75, 3.05) is 26.2 Å². The third-order valence-corrected chi connectivity index (χ3v) is 6.04. The predicted octanol–water partition coefficient (Wildman–Crippen LogP) is -2.06. The van der Waals surface area contributed by atoms with E-state index in [-0.39, 0.29) is 5.92 Å². The molecule has 0 aromatic carbocycles. The summed E-state index contributed by atoms with van der Waals surface area (Å²) in [6, 6.07) is 0.579. The highest BCUT2D eigenvalue weighted by atomic mass is 16.2. The zero-order valence-corrected chi connectivity index (χ0v) is 13.8. The van der Waals surface area contributed by atoms with E-state index in [2.05, 4.69) is 20.9 Å². The maximum absolute atomic E-state index is 12.8. The van der Waals surface area contributed by atoms with Crippen LogP contribution in [0.4, 0.5) is 0 Å². The number of quaternary nitrogens is 2. The molecule has 4 atom stereocenters. The van der Waals surface area contributed by atoms with E-state index in [0.29, 0.717) is 24.4 Å². The molecule has 4 aliphatic rings. The van der Waals surface area contributed by atoms with Gasteiger partial charge in [0, 0.05) is 25.9 Å². The summed E-state index contributed by atoms with van der Waals surface area (Å²) in [6.45, 7) is 5.79. The summed E-state index contributed by atoms with van der Waals surface area (Å²) < 4.78 is 1.97. The Morgan fingerprint density at radius 3 is 2.87 bits per heavy atom. The van der Waals surface area contributed by atoms with Crippen molar-refractivity contribution in [2.45, 2.75) is 44.8 Å². The number of hydrogen-bond donors (Lipinski definition) is 2. The van der Waals surface area contributed by atoms with E-state index in [1.165, 1.54) is 25.8 Å². The van der Waals surface area contributed by atoms with Gasteiger partial charge in [-0.25, -0.2) is 4.68 Å². The van der Waals surface area contributed by atoms with Crippen LogP contribution < -0.4 is 10.6 Å². The Morgan fingerprint density at radius 1 is 1.39 bits per heavy atom. The number of nitrogens with zero attached hydrogens (tertiary/aromatic N) is 4. The molecule has 4 aliphatic heterocycles.